The van der Waals surface area contributed by atoms with Gasteiger partial charge in [0.05, 0.1) is 5.92 Å². The van der Waals surface area contributed by atoms with Crippen LogP contribution in [0.25, 0.3) is 11.1 Å². The molecule has 2 aromatic rings. The van der Waals surface area contributed by atoms with Crippen molar-refractivity contribution in [1.82, 2.24) is 0 Å². The van der Waals surface area contributed by atoms with Crippen molar-refractivity contribution < 1.29 is 27.1 Å². The predicted molar refractivity (Wildman–Crippen MR) is 121 cm³/mol. The van der Waals surface area contributed by atoms with E-state index in [-0.39, 0.29) is 22.6 Å². The van der Waals surface area contributed by atoms with Gasteiger partial charge in [-0.1, -0.05) is 55.1 Å². The molecule has 1 saturated carbocycles. The Morgan fingerprint density at radius 1 is 0.909 bits per heavy atom. The van der Waals surface area contributed by atoms with Crippen molar-refractivity contribution in [3.63, 3.8) is 0 Å². The number of carbonyl (C=O) groups excluding carboxylic acids is 1. The first-order valence-electron chi connectivity index (χ1n) is 10.8. The topological polar surface area (TPSA) is 26.3 Å². The van der Waals surface area contributed by atoms with Crippen LogP contribution in [0.4, 0.5) is 17.6 Å². The van der Waals surface area contributed by atoms with Gasteiger partial charge in [0.15, 0.2) is 23.2 Å². The van der Waals surface area contributed by atoms with Crippen LogP contribution in [-0.4, -0.2) is 5.97 Å². The monoisotopic (exact) mass is 458 g/mol. The van der Waals surface area contributed by atoms with Crippen LogP contribution in [0.5, 0.6) is 0 Å². The summed E-state index contributed by atoms with van der Waals surface area (Å²) in [7, 11) is 0. The second-order valence-corrected chi connectivity index (χ2v) is 8.50. The number of aryl methyl sites for hydroxylation is 1. The summed E-state index contributed by atoms with van der Waals surface area (Å²) in [6.07, 6.45) is 1.58. The lowest BCUT2D eigenvalue weighted by Gasteiger charge is -2.28. The van der Waals surface area contributed by atoms with Crippen molar-refractivity contribution in [3.05, 3.63) is 95.3 Å². The Morgan fingerprint density at radius 2 is 1.52 bits per heavy atom. The van der Waals surface area contributed by atoms with E-state index >= 15 is 0 Å². The largest absolute Gasteiger partial charge is 0.424 e. The second kappa shape index (κ2) is 10.2. The maximum atomic E-state index is 14.9. The summed E-state index contributed by atoms with van der Waals surface area (Å²) < 4.78 is 62.1. The minimum absolute atomic E-state index is 0.145. The van der Waals surface area contributed by atoms with Gasteiger partial charge in [-0.15, -0.1) is 0 Å². The molecule has 6 heteroatoms. The normalized spacial score (nSPS) is 19.0. The van der Waals surface area contributed by atoms with Crippen molar-refractivity contribution in [2.45, 2.75) is 45.4 Å². The van der Waals surface area contributed by atoms with Crippen LogP contribution in [-0.2, 0) is 9.53 Å². The molecule has 0 aromatic heterocycles. The van der Waals surface area contributed by atoms with E-state index in [0.717, 1.165) is 5.56 Å². The molecule has 0 spiro atoms. The van der Waals surface area contributed by atoms with Gasteiger partial charge in [-0.25, -0.2) is 13.2 Å². The summed E-state index contributed by atoms with van der Waals surface area (Å²) in [5.41, 5.74) is 1.95. The third-order valence-electron chi connectivity index (χ3n) is 6.01. The van der Waals surface area contributed by atoms with E-state index in [0.29, 0.717) is 31.2 Å². The number of esters is 1. The second-order valence-electron chi connectivity index (χ2n) is 8.50. The zero-order chi connectivity index (χ0) is 24.3. The summed E-state index contributed by atoms with van der Waals surface area (Å²) >= 11 is 0. The van der Waals surface area contributed by atoms with Crippen molar-refractivity contribution in [2.75, 3.05) is 0 Å². The van der Waals surface area contributed by atoms with Gasteiger partial charge in [0.1, 0.15) is 0 Å². The summed E-state index contributed by atoms with van der Waals surface area (Å²) in [6, 6.07) is 10.3. The Balaban J connectivity index is 1.66. The van der Waals surface area contributed by atoms with Gasteiger partial charge in [-0.05, 0) is 62.1 Å². The molecular formula is C27H26F4O2. The quantitative estimate of drug-likeness (QED) is 0.190. The molecule has 0 aliphatic heterocycles. The highest BCUT2D eigenvalue weighted by molar-refractivity contribution is 5.74. The van der Waals surface area contributed by atoms with E-state index in [2.05, 4.69) is 13.2 Å². The molecule has 0 N–H and O–H groups in total. The smallest absolute Gasteiger partial charge is 0.314 e. The van der Waals surface area contributed by atoms with Gasteiger partial charge in [0.2, 0.25) is 5.83 Å². The van der Waals surface area contributed by atoms with Crippen LogP contribution in [0.15, 0.2) is 72.5 Å². The molecule has 0 unspecified atom stereocenters. The Bertz CT molecular complexity index is 1110. The van der Waals surface area contributed by atoms with E-state index in [1.165, 1.54) is 6.92 Å². The van der Waals surface area contributed by atoms with Gasteiger partial charge in [-0.2, -0.15) is 4.39 Å². The fourth-order valence-electron chi connectivity index (χ4n) is 4.04. The molecule has 2 nitrogen and oxygen atoms in total. The maximum Gasteiger partial charge on any atom is 0.314 e. The number of carbonyl (C=O) groups is 1. The number of ether oxygens (including phenoxy) is 1. The van der Waals surface area contributed by atoms with Crippen LogP contribution in [0.2, 0.25) is 0 Å². The Kier molecular flexibility index (Phi) is 7.57. The molecule has 0 saturated heterocycles. The molecule has 1 aliphatic carbocycles. The van der Waals surface area contributed by atoms with Gasteiger partial charge in [0, 0.05) is 5.56 Å². The first kappa shape index (κ1) is 24.5. The highest BCUT2D eigenvalue weighted by Gasteiger charge is 2.31. The van der Waals surface area contributed by atoms with Crippen molar-refractivity contribution in [2.24, 2.45) is 5.92 Å². The van der Waals surface area contributed by atoms with Gasteiger partial charge >= 0.3 is 5.97 Å². The highest BCUT2D eigenvalue weighted by Crippen LogP contribution is 2.39. The van der Waals surface area contributed by atoms with E-state index < -0.39 is 40.9 Å². The SMILES string of the molecule is C=C(C)/C(F)=C(/F)C(=C)OC(=O)C1CCC(c2ccc(-c3ccc(C)cc3)c(F)c2F)CC1. The molecule has 0 bridgehead atoms. The molecule has 3 rings (SSSR count). The molecule has 0 amide bonds. The third kappa shape index (κ3) is 5.44. The zero-order valence-corrected chi connectivity index (χ0v) is 18.7. The molecule has 33 heavy (non-hydrogen) atoms. The van der Waals surface area contributed by atoms with Crippen molar-refractivity contribution in [3.8, 4) is 11.1 Å². The highest BCUT2D eigenvalue weighted by atomic mass is 19.2. The molecule has 1 aliphatic rings. The molecule has 2 aromatic carbocycles. The number of rotatable bonds is 6. The summed E-state index contributed by atoms with van der Waals surface area (Å²) in [4.78, 5) is 12.3. The minimum Gasteiger partial charge on any atom is -0.424 e. The third-order valence-corrected chi connectivity index (χ3v) is 6.01. The van der Waals surface area contributed by atoms with Crippen molar-refractivity contribution >= 4 is 5.97 Å². The first-order chi connectivity index (χ1) is 15.6. The summed E-state index contributed by atoms with van der Waals surface area (Å²) in [6.45, 7) is 9.75. The standard InChI is InChI=1S/C27H26F4O2/c1-15(2)23(28)24(29)17(4)33-27(32)20-11-9-19(10-12-20)22-14-13-21(25(30)26(22)31)18-7-5-16(3)6-8-18/h5-8,13-14,19-20H,1,4,9-12H2,2-3H3/b24-23-. The lowest BCUT2D eigenvalue weighted by atomic mass is 9.78. The minimum atomic E-state index is -1.37. The van der Waals surface area contributed by atoms with Gasteiger partial charge in [0.25, 0.3) is 0 Å². The number of hydrogen-bond acceptors (Lipinski definition) is 2. The Morgan fingerprint density at radius 3 is 2.09 bits per heavy atom. The molecule has 0 radical (unpaired) electrons. The average Bonchev–Trinajstić information content (AvgIpc) is 2.80. The fraction of sp³-hybridized carbons (Fsp3) is 0.296. The summed E-state index contributed by atoms with van der Waals surface area (Å²) in [5.74, 6) is -6.59. The average molecular weight is 458 g/mol. The van der Waals surface area contributed by atoms with Crippen LogP contribution in [0.3, 0.4) is 0 Å². The Hall–Kier alpha value is -3.15. The lowest BCUT2D eigenvalue weighted by Crippen LogP contribution is -2.23. The predicted octanol–water partition coefficient (Wildman–Crippen LogP) is 8.00. The molecule has 0 atom stereocenters. The van der Waals surface area contributed by atoms with Gasteiger partial charge < -0.3 is 4.74 Å². The Labute approximate surface area is 191 Å². The fourth-order valence-corrected chi connectivity index (χ4v) is 4.04. The van der Waals surface area contributed by atoms with Crippen LogP contribution >= 0.6 is 0 Å². The molecule has 174 valence electrons. The number of allylic oxidation sites excluding steroid dienone is 3. The molecule has 0 heterocycles. The first-order valence-corrected chi connectivity index (χ1v) is 10.8. The number of hydrogen-bond donors (Lipinski definition) is 0. The van der Waals surface area contributed by atoms with E-state index in [9.17, 15) is 22.4 Å². The lowest BCUT2D eigenvalue weighted by molar-refractivity contribution is -0.145. The van der Waals surface area contributed by atoms with Gasteiger partial charge in [-0.3, -0.25) is 4.79 Å². The maximum absolute atomic E-state index is 14.9. The van der Waals surface area contributed by atoms with Crippen LogP contribution in [0, 0.1) is 24.5 Å². The van der Waals surface area contributed by atoms with Crippen LogP contribution in [0.1, 0.15) is 49.7 Å². The van der Waals surface area contributed by atoms with E-state index in [1.807, 2.05) is 19.1 Å². The van der Waals surface area contributed by atoms with E-state index in [4.69, 9.17) is 4.74 Å². The number of halogens is 4. The van der Waals surface area contributed by atoms with Crippen molar-refractivity contribution in [1.29, 1.82) is 0 Å². The summed E-state index contributed by atoms with van der Waals surface area (Å²) in [5, 5.41) is 0. The molecular weight excluding hydrogens is 432 g/mol. The van der Waals surface area contributed by atoms with Crippen LogP contribution < -0.4 is 0 Å². The zero-order valence-electron chi connectivity index (χ0n) is 18.7. The molecule has 1 fully saturated rings. The number of benzene rings is 2. The van der Waals surface area contributed by atoms with E-state index in [1.54, 1.807) is 24.3 Å².